The van der Waals surface area contributed by atoms with Gasteiger partial charge in [-0.2, -0.15) is 20.1 Å². The maximum Gasteiger partial charge on any atom is 0.250 e. The van der Waals surface area contributed by atoms with Crippen molar-refractivity contribution in [1.29, 1.82) is 0 Å². The third kappa shape index (κ3) is 4.98. The molecule has 0 aliphatic carbocycles. The van der Waals surface area contributed by atoms with Crippen LogP contribution in [0.25, 0.3) is 0 Å². The van der Waals surface area contributed by atoms with E-state index < -0.39 is 0 Å². The SMILES string of the molecule is Brc1cccc(/C=N/Nc2nc(N3CCCCC3)nc(N3CCCCC3)n2)c1. The maximum atomic E-state index is 4.79. The van der Waals surface area contributed by atoms with Crippen LogP contribution in [-0.4, -0.2) is 47.3 Å². The lowest BCUT2D eigenvalue weighted by molar-refractivity contribution is 0.556. The topological polar surface area (TPSA) is 69.5 Å². The van der Waals surface area contributed by atoms with Gasteiger partial charge >= 0.3 is 0 Å². The van der Waals surface area contributed by atoms with Crippen LogP contribution in [0.5, 0.6) is 0 Å². The fraction of sp³-hybridized carbons (Fsp3) is 0.500. The normalized spacial score (nSPS) is 17.9. The zero-order valence-corrected chi connectivity index (χ0v) is 17.6. The Balaban J connectivity index is 1.55. The Kier molecular flexibility index (Phi) is 6.36. The fourth-order valence-electron chi connectivity index (χ4n) is 3.63. The molecule has 7 nitrogen and oxygen atoms in total. The monoisotopic (exact) mass is 443 g/mol. The predicted octanol–water partition coefficient (Wildman–Crippen LogP) is 4.06. The molecule has 0 atom stereocenters. The van der Waals surface area contributed by atoms with Gasteiger partial charge in [0.1, 0.15) is 0 Å². The van der Waals surface area contributed by atoms with Gasteiger partial charge in [0.25, 0.3) is 0 Å². The van der Waals surface area contributed by atoms with Crippen molar-refractivity contribution in [2.24, 2.45) is 5.10 Å². The molecule has 2 fully saturated rings. The Hall–Kier alpha value is -2.22. The smallest absolute Gasteiger partial charge is 0.250 e. The number of anilines is 3. The number of aromatic nitrogens is 3. The first-order valence-electron chi connectivity index (χ1n) is 10.1. The van der Waals surface area contributed by atoms with Gasteiger partial charge in [-0.05, 0) is 56.2 Å². The van der Waals surface area contributed by atoms with Gasteiger partial charge in [0.05, 0.1) is 6.21 Å². The highest BCUT2D eigenvalue weighted by Gasteiger charge is 2.20. The molecule has 1 N–H and O–H groups in total. The van der Waals surface area contributed by atoms with Crippen LogP contribution in [0.1, 0.15) is 44.1 Å². The van der Waals surface area contributed by atoms with Crippen LogP contribution in [-0.2, 0) is 0 Å². The van der Waals surface area contributed by atoms with E-state index in [2.05, 4.69) is 46.2 Å². The zero-order chi connectivity index (χ0) is 19.2. The van der Waals surface area contributed by atoms with Gasteiger partial charge in [0.2, 0.25) is 17.8 Å². The van der Waals surface area contributed by atoms with E-state index >= 15 is 0 Å². The summed E-state index contributed by atoms with van der Waals surface area (Å²) in [6, 6.07) is 7.99. The average Bonchev–Trinajstić information content (AvgIpc) is 2.75. The molecule has 1 aromatic heterocycles. The van der Waals surface area contributed by atoms with Crippen molar-refractivity contribution in [3.63, 3.8) is 0 Å². The lowest BCUT2D eigenvalue weighted by Crippen LogP contribution is -2.34. The highest BCUT2D eigenvalue weighted by molar-refractivity contribution is 9.10. The van der Waals surface area contributed by atoms with Crippen LogP contribution in [0.4, 0.5) is 17.8 Å². The van der Waals surface area contributed by atoms with Gasteiger partial charge in [-0.1, -0.05) is 28.1 Å². The molecule has 0 bridgehead atoms. The highest BCUT2D eigenvalue weighted by Crippen LogP contribution is 2.22. The minimum absolute atomic E-state index is 0.502. The first-order valence-corrected chi connectivity index (χ1v) is 10.9. The summed E-state index contributed by atoms with van der Waals surface area (Å²) in [6.07, 6.45) is 9.09. The molecule has 0 radical (unpaired) electrons. The molecule has 1 aromatic carbocycles. The van der Waals surface area contributed by atoms with E-state index in [1.165, 1.54) is 38.5 Å². The van der Waals surface area contributed by atoms with Gasteiger partial charge in [-0.15, -0.1) is 0 Å². The lowest BCUT2D eigenvalue weighted by atomic mass is 10.1. The number of piperidine rings is 2. The van der Waals surface area contributed by atoms with Gasteiger partial charge in [-0.25, -0.2) is 5.43 Å². The second-order valence-corrected chi connectivity index (χ2v) is 8.20. The summed E-state index contributed by atoms with van der Waals surface area (Å²) in [5, 5.41) is 4.34. The summed E-state index contributed by atoms with van der Waals surface area (Å²) in [6.45, 7) is 4.02. The maximum absolute atomic E-state index is 4.79. The van der Waals surface area contributed by atoms with Gasteiger partial charge in [0.15, 0.2) is 0 Å². The second-order valence-electron chi connectivity index (χ2n) is 7.28. The van der Waals surface area contributed by atoms with E-state index in [9.17, 15) is 0 Å². The summed E-state index contributed by atoms with van der Waals surface area (Å²) < 4.78 is 1.02. The van der Waals surface area contributed by atoms with Crippen LogP contribution >= 0.6 is 15.9 Å². The molecule has 2 aromatic rings. The Labute approximate surface area is 174 Å². The van der Waals surface area contributed by atoms with Crippen LogP contribution in [0.15, 0.2) is 33.8 Å². The molecular formula is C20H26BrN7. The standard InChI is InChI=1S/C20H26BrN7/c21-17-9-7-8-16(14-17)15-22-26-18-23-19(27-10-3-1-4-11-27)25-20(24-18)28-12-5-2-6-13-28/h7-9,14-15H,1-6,10-13H2,(H,23,24,25,26)/b22-15+. The van der Waals surface area contributed by atoms with Crippen molar-refractivity contribution in [3.8, 4) is 0 Å². The molecule has 28 heavy (non-hydrogen) atoms. The van der Waals surface area contributed by atoms with E-state index in [1.54, 1.807) is 6.21 Å². The Morgan fingerprint density at radius 2 is 1.46 bits per heavy atom. The third-order valence-corrected chi connectivity index (χ3v) is 5.61. The Morgan fingerprint density at radius 1 is 0.857 bits per heavy atom. The molecule has 0 amide bonds. The minimum Gasteiger partial charge on any atom is -0.341 e. The first kappa shape index (κ1) is 19.1. The van der Waals surface area contributed by atoms with Crippen LogP contribution in [0, 0.1) is 0 Å². The van der Waals surface area contributed by atoms with Crippen molar-refractivity contribution in [1.82, 2.24) is 15.0 Å². The van der Waals surface area contributed by atoms with Crippen molar-refractivity contribution < 1.29 is 0 Å². The summed E-state index contributed by atoms with van der Waals surface area (Å²) in [7, 11) is 0. The third-order valence-electron chi connectivity index (χ3n) is 5.12. The molecule has 3 heterocycles. The van der Waals surface area contributed by atoms with Crippen LogP contribution in [0.2, 0.25) is 0 Å². The van der Waals surface area contributed by atoms with Crippen LogP contribution in [0.3, 0.4) is 0 Å². The molecule has 148 valence electrons. The first-order chi connectivity index (χ1) is 13.8. The molecule has 0 saturated carbocycles. The van der Waals surface area contributed by atoms with E-state index in [0.717, 1.165) is 48.1 Å². The largest absolute Gasteiger partial charge is 0.341 e. The van der Waals surface area contributed by atoms with Gasteiger partial charge in [0, 0.05) is 30.7 Å². The van der Waals surface area contributed by atoms with Gasteiger partial charge in [-0.3, -0.25) is 0 Å². The molecule has 2 aliphatic rings. The van der Waals surface area contributed by atoms with E-state index in [-0.39, 0.29) is 0 Å². The fourth-order valence-corrected chi connectivity index (χ4v) is 4.04. The molecule has 0 unspecified atom stereocenters. The molecule has 8 heteroatoms. The number of rotatable bonds is 5. The van der Waals surface area contributed by atoms with Crippen molar-refractivity contribution in [2.75, 3.05) is 41.4 Å². The van der Waals surface area contributed by atoms with Crippen molar-refractivity contribution >= 4 is 40.0 Å². The molecular weight excluding hydrogens is 418 g/mol. The number of benzene rings is 1. The van der Waals surface area contributed by atoms with Gasteiger partial charge < -0.3 is 9.80 Å². The summed E-state index contributed by atoms with van der Waals surface area (Å²) in [5.41, 5.74) is 4.01. The zero-order valence-electron chi connectivity index (χ0n) is 16.0. The molecule has 2 aliphatic heterocycles. The van der Waals surface area contributed by atoms with Crippen molar-refractivity contribution in [2.45, 2.75) is 38.5 Å². The highest BCUT2D eigenvalue weighted by atomic mass is 79.9. The van der Waals surface area contributed by atoms with E-state index in [4.69, 9.17) is 4.98 Å². The quantitative estimate of drug-likeness (QED) is 0.554. The summed E-state index contributed by atoms with van der Waals surface area (Å²) in [4.78, 5) is 18.6. The van der Waals surface area contributed by atoms with Crippen LogP contribution < -0.4 is 15.2 Å². The number of hydrogen-bond donors (Lipinski definition) is 1. The predicted molar refractivity (Wildman–Crippen MR) is 117 cm³/mol. The second kappa shape index (κ2) is 9.32. The molecule has 0 spiro atoms. The Morgan fingerprint density at radius 3 is 2.04 bits per heavy atom. The lowest BCUT2D eigenvalue weighted by Gasteiger charge is -2.30. The van der Waals surface area contributed by atoms with E-state index in [0.29, 0.717) is 5.95 Å². The summed E-state index contributed by atoms with van der Waals surface area (Å²) >= 11 is 3.48. The number of nitrogens with zero attached hydrogens (tertiary/aromatic N) is 6. The molecule has 2 saturated heterocycles. The Bertz CT molecular complexity index is 778. The minimum atomic E-state index is 0.502. The number of halogens is 1. The van der Waals surface area contributed by atoms with E-state index in [1.807, 2.05) is 24.3 Å². The number of nitrogens with one attached hydrogen (secondary N) is 1. The number of hydrazone groups is 1. The van der Waals surface area contributed by atoms with Crippen molar-refractivity contribution in [3.05, 3.63) is 34.3 Å². The number of hydrogen-bond acceptors (Lipinski definition) is 7. The summed E-state index contributed by atoms with van der Waals surface area (Å²) in [5.74, 6) is 2.02. The molecule has 4 rings (SSSR count). The average molecular weight is 444 g/mol.